The minimum atomic E-state index is -4.32. The van der Waals surface area contributed by atoms with Crippen LogP contribution in [0, 0.1) is 0 Å². The summed E-state index contributed by atoms with van der Waals surface area (Å²) in [4.78, 5) is 9.98. The quantitative estimate of drug-likeness (QED) is 0.567. The van der Waals surface area contributed by atoms with Gasteiger partial charge in [-0.05, 0) is 18.2 Å². The van der Waals surface area contributed by atoms with Gasteiger partial charge in [0.1, 0.15) is 0 Å². The summed E-state index contributed by atoms with van der Waals surface area (Å²) in [6.07, 6.45) is 0. The Morgan fingerprint density at radius 1 is 1.36 bits per heavy atom. The standard InChI is InChI=1S/C7H6O5S.Na.H2/c8-7(9)5-2-1-3-6(4-5)13(10,11)12;;/h1-4H,(H,8,9)(H,10,11,12);;1H. The Kier molecular flexibility index (Phi) is 4.76. The average Bonchev–Trinajstić information content (AvgIpc) is 2.03. The number of carboxylic acids is 1. The van der Waals surface area contributed by atoms with Gasteiger partial charge < -0.3 is 5.11 Å². The predicted octanol–water partition coefficient (Wildman–Crippen LogP) is 0.497. The van der Waals surface area contributed by atoms with Crippen molar-refractivity contribution in [1.29, 1.82) is 0 Å². The molecule has 0 spiro atoms. The van der Waals surface area contributed by atoms with Crippen LogP contribution in [0.1, 0.15) is 11.8 Å². The molecule has 0 aromatic heterocycles. The van der Waals surface area contributed by atoms with E-state index in [0.717, 1.165) is 12.1 Å². The molecule has 0 fully saturated rings. The van der Waals surface area contributed by atoms with E-state index in [-0.39, 0.29) is 36.5 Å². The van der Waals surface area contributed by atoms with Crippen molar-refractivity contribution >= 4 is 45.6 Å². The molecule has 1 rings (SSSR count). The summed E-state index contributed by atoms with van der Waals surface area (Å²) in [5, 5.41) is 8.50. The second-order valence-electron chi connectivity index (χ2n) is 2.31. The van der Waals surface area contributed by atoms with Crippen molar-refractivity contribution in [1.82, 2.24) is 0 Å². The molecule has 0 unspecified atom stereocenters. The number of hydrogen-bond donors (Lipinski definition) is 2. The third-order valence-corrected chi connectivity index (χ3v) is 2.23. The van der Waals surface area contributed by atoms with E-state index in [4.69, 9.17) is 9.66 Å². The summed E-state index contributed by atoms with van der Waals surface area (Å²) in [5.41, 5.74) is -0.185. The second kappa shape index (κ2) is 4.90. The van der Waals surface area contributed by atoms with Crippen LogP contribution in [0.4, 0.5) is 0 Å². The Labute approximate surface area is 104 Å². The van der Waals surface area contributed by atoms with Gasteiger partial charge >= 0.3 is 5.97 Å². The van der Waals surface area contributed by atoms with E-state index in [1.807, 2.05) is 0 Å². The molecule has 0 amide bonds. The molecule has 5 nitrogen and oxygen atoms in total. The summed E-state index contributed by atoms with van der Waals surface area (Å²) in [5.74, 6) is -1.24. The predicted molar refractivity (Wildman–Crippen MR) is 51.1 cm³/mol. The summed E-state index contributed by atoms with van der Waals surface area (Å²) >= 11 is 0. The molecule has 2 N–H and O–H groups in total. The molecule has 0 aliphatic carbocycles. The maximum absolute atomic E-state index is 10.6. The number of hydrogen-bond acceptors (Lipinski definition) is 3. The van der Waals surface area contributed by atoms with E-state index < -0.39 is 21.0 Å². The van der Waals surface area contributed by atoms with Gasteiger partial charge in [-0.2, -0.15) is 8.42 Å². The molecule has 0 saturated heterocycles. The fourth-order valence-corrected chi connectivity index (χ4v) is 1.32. The molecule has 73 valence electrons. The van der Waals surface area contributed by atoms with Crippen molar-refractivity contribution in [3.05, 3.63) is 29.8 Å². The monoisotopic (exact) mass is 227 g/mol. The van der Waals surface area contributed by atoms with Crippen molar-refractivity contribution in [3.63, 3.8) is 0 Å². The Bertz CT molecular complexity index is 444. The van der Waals surface area contributed by atoms with Crippen LogP contribution in [0.25, 0.3) is 0 Å². The van der Waals surface area contributed by atoms with Crippen LogP contribution >= 0.6 is 0 Å². The Morgan fingerprint density at radius 2 is 1.93 bits per heavy atom. The van der Waals surface area contributed by atoms with Crippen LogP contribution in [0.5, 0.6) is 0 Å². The first-order valence-corrected chi connectivity index (χ1v) is 4.66. The molecule has 0 saturated carbocycles. The van der Waals surface area contributed by atoms with Gasteiger partial charge in [-0.15, -0.1) is 0 Å². The van der Waals surface area contributed by atoms with E-state index in [9.17, 15) is 13.2 Å². The molecular formula is C7H8NaO5S. The second-order valence-corrected chi connectivity index (χ2v) is 3.73. The topological polar surface area (TPSA) is 91.7 Å². The maximum atomic E-state index is 10.6. The summed E-state index contributed by atoms with van der Waals surface area (Å²) in [6.45, 7) is 0. The normalized spacial score (nSPS) is 10.4. The van der Waals surface area contributed by atoms with Gasteiger partial charge in [-0.25, -0.2) is 4.79 Å². The molecule has 0 heterocycles. The Morgan fingerprint density at radius 3 is 2.36 bits per heavy atom. The number of aromatic carboxylic acids is 1. The van der Waals surface area contributed by atoms with E-state index in [1.165, 1.54) is 12.1 Å². The smallest absolute Gasteiger partial charge is 0.335 e. The van der Waals surface area contributed by atoms with E-state index in [2.05, 4.69) is 0 Å². The molecule has 0 aliphatic heterocycles. The number of carbonyl (C=O) groups is 1. The minimum Gasteiger partial charge on any atom is -0.478 e. The zero-order chi connectivity index (χ0) is 10.1. The van der Waals surface area contributed by atoms with Crippen LogP contribution in [-0.2, 0) is 10.1 Å². The van der Waals surface area contributed by atoms with Crippen LogP contribution in [-0.4, -0.2) is 53.6 Å². The van der Waals surface area contributed by atoms with Crippen LogP contribution in [0.3, 0.4) is 0 Å². The van der Waals surface area contributed by atoms with Gasteiger partial charge in [-0.1, -0.05) is 6.07 Å². The molecule has 0 bridgehead atoms. The van der Waals surface area contributed by atoms with Gasteiger partial charge in [-0.3, -0.25) is 4.55 Å². The van der Waals surface area contributed by atoms with E-state index >= 15 is 0 Å². The number of benzene rings is 1. The Hall–Kier alpha value is -0.400. The SMILES string of the molecule is O=C(O)c1cccc(S(=O)(=O)O)c1.[HH].[Na]. The third kappa shape index (κ3) is 3.39. The molecule has 1 aromatic rings. The fourth-order valence-electron chi connectivity index (χ4n) is 0.790. The van der Waals surface area contributed by atoms with E-state index in [0.29, 0.717) is 0 Å². The first kappa shape index (κ1) is 13.6. The fraction of sp³-hybridized carbons (Fsp3) is 0. The molecular weight excluding hydrogens is 219 g/mol. The van der Waals surface area contributed by atoms with Crippen molar-refractivity contribution < 1.29 is 24.3 Å². The molecule has 14 heavy (non-hydrogen) atoms. The molecule has 0 atom stereocenters. The van der Waals surface area contributed by atoms with Crippen LogP contribution in [0.2, 0.25) is 0 Å². The van der Waals surface area contributed by atoms with Crippen LogP contribution in [0.15, 0.2) is 29.2 Å². The zero-order valence-electron chi connectivity index (χ0n) is 7.34. The molecule has 0 aliphatic rings. The van der Waals surface area contributed by atoms with Crippen molar-refractivity contribution in [2.45, 2.75) is 4.90 Å². The molecule has 7 heteroatoms. The molecule has 1 aromatic carbocycles. The summed E-state index contributed by atoms with van der Waals surface area (Å²) in [7, 11) is -4.32. The summed E-state index contributed by atoms with van der Waals surface area (Å²) < 4.78 is 29.7. The third-order valence-electron chi connectivity index (χ3n) is 1.38. The maximum Gasteiger partial charge on any atom is 0.335 e. The van der Waals surface area contributed by atoms with Crippen molar-refractivity contribution in [3.8, 4) is 0 Å². The van der Waals surface area contributed by atoms with Gasteiger partial charge in [0.15, 0.2) is 0 Å². The largest absolute Gasteiger partial charge is 0.478 e. The Balaban J connectivity index is 0. The first-order chi connectivity index (χ1) is 5.91. The van der Waals surface area contributed by atoms with Gasteiger partial charge in [0, 0.05) is 31.0 Å². The van der Waals surface area contributed by atoms with Gasteiger partial charge in [0.25, 0.3) is 10.1 Å². The van der Waals surface area contributed by atoms with Gasteiger partial charge in [0.2, 0.25) is 0 Å². The first-order valence-electron chi connectivity index (χ1n) is 3.22. The van der Waals surface area contributed by atoms with Gasteiger partial charge in [0.05, 0.1) is 10.5 Å². The zero-order valence-corrected chi connectivity index (χ0v) is 10.2. The minimum absolute atomic E-state index is 0. The van der Waals surface area contributed by atoms with Crippen molar-refractivity contribution in [2.24, 2.45) is 0 Å². The summed E-state index contributed by atoms with van der Waals surface area (Å²) in [6, 6.07) is 4.48. The van der Waals surface area contributed by atoms with Crippen LogP contribution < -0.4 is 0 Å². The molecule has 1 radical (unpaired) electrons. The van der Waals surface area contributed by atoms with Crippen molar-refractivity contribution in [2.75, 3.05) is 0 Å². The van der Waals surface area contributed by atoms with E-state index in [1.54, 1.807) is 0 Å². The number of carboxylic acid groups (broad SMARTS) is 1. The average molecular weight is 227 g/mol. The number of rotatable bonds is 2.